The Kier molecular flexibility index (Phi) is 5.85. The highest BCUT2D eigenvalue weighted by atomic mass is 32.2. The Hall–Kier alpha value is -2.71. The lowest BCUT2D eigenvalue weighted by Gasteiger charge is -2.22. The summed E-state index contributed by atoms with van der Waals surface area (Å²) in [6.07, 6.45) is 2.53. The lowest BCUT2D eigenvalue weighted by Crippen LogP contribution is -2.36. The van der Waals surface area contributed by atoms with Gasteiger partial charge in [-0.05, 0) is 68.5 Å². The average Bonchev–Trinajstić information content (AvgIpc) is 3.51. The molecule has 0 unspecified atom stereocenters. The summed E-state index contributed by atoms with van der Waals surface area (Å²) in [7, 11) is -3.75. The third-order valence-electron chi connectivity index (χ3n) is 5.80. The van der Waals surface area contributed by atoms with E-state index in [0.717, 1.165) is 29.7 Å². The van der Waals surface area contributed by atoms with Gasteiger partial charge in [-0.25, -0.2) is 13.1 Å². The van der Waals surface area contributed by atoms with Crippen molar-refractivity contribution >= 4 is 33.2 Å². The summed E-state index contributed by atoms with van der Waals surface area (Å²) < 4.78 is 27.9. The van der Waals surface area contributed by atoms with Crippen molar-refractivity contribution in [3.8, 4) is 0 Å². The van der Waals surface area contributed by atoms with Gasteiger partial charge in [0.05, 0.1) is 4.90 Å². The molecule has 1 saturated carbocycles. The van der Waals surface area contributed by atoms with Gasteiger partial charge in [-0.1, -0.05) is 18.2 Å². The van der Waals surface area contributed by atoms with E-state index in [9.17, 15) is 18.0 Å². The molecule has 0 radical (unpaired) electrons. The predicted octanol–water partition coefficient (Wildman–Crippen LogP) is 2.99. The molecule has 2 aromatic carbocycles. The highest BCUT2D eigenvalue weighted by molar-refractivity contribution is 7.89. The van der Waals surface area contributed by atoms with Crippen molar-refractivity contribution in [2.45, 2.75) is 50.5 Å². The number of nitrogens with one attached hydrogen (secondary N) is 2. The number of aryl methyl sites for hydroxylation is 1. The lowest BCUT2D eigenvalue weighted by atomic mass is 10.1. The predicted molar refractivity (Wildman–Crippen MR) is 119 cm³/mol. The Morgan fingerprint density at radius 1 is 1.13 bits per heavy atom. The summed E-state index contributed by atoms with van der Waals surface area (Å²) in [6.45, 7) is 3.88. The van der Waals surface area contributed by atoms with Gasteiger partial charge < -0.3 is 10.2 Å². The molecule has 2 amide bonds. The van der Waals surface area contributed by atoms with Gasteiger partial charge in [0, 0.05) is 36.3 Å². The maximum absolute atomic E-state index is 12.7. The van der Waals surface area contributed by atoms with E-state index in [0.29, 0.717) is 12.1 Å². The van der Waals surface area contributed by atoms with Crippen LogP contribution in [0.4, 0.5) is 11.4 Å². The Morgan fingerprint density at radius 2 is 1.87 bits per heavy atom. The van der Waals surface area contributed by atoms with Crippen LogP contribution in [0.5, 0.6) is 0 Å². The van der Waals surface area contributed by atoms with E-state index in [1.807, 2.05) is 36.9 Å². The molecule has 1 aliphatic carbocycles. The number of carbonyl (C=O) groups excluding carboxylic acids is 2. The lowest BCUT2D eigenvalue weighted by molar-refractivity contribution is -0.120. The van der Waals surface area contributed by atoms with Crippen molar-refractivity contribution < 1.29 is 18.0 Å². The minimum atomic E-state index is -3.75. The molecule has 0 bridgehead atoms. The molecule has 31 heavy (non-hydrogen) atoms. The summed E-state index contributed by atoms with van der Waals surface area (Å²) in [5.74, 6) is -0.00190. The van der Waals surface area contributed by atoms with Gasteiger partial charge in [-0.3, -0.25) is 9.59 Å². The van der Waals surface area contributed by atoms with Crippen LogP contribution in [0.1, 0.15) is 37.3 Å². The fraction of sp³-hybridized carbons (Fsp3) is 0.391. The molecule has 4 rings (SSSR count). The van der Waals surface area contributed by atoms with E-state index in [1.54, 1.807) is 18.2 Å². The van der Waals surface area contributed by atoms with E-state index in [2.05, 4.69) is 10.0 Å². The number of nitrogens with zero attached hydrogens (tertiary/aromatic N) is 1. The second-order valence-corrected chi connectivity index (χ2v) is 10.1. The number of amides is 2. The molecule has 2 N–H and O–H groups in total. The molecule has 0 aromatic heterocycles. The van der Waals surface area contributed by atoms with Gasteiger partial charge in [0.15, 0.2) is 0 Å². The quantitative estimate of drug-likeness (QED) is 0.691. The summed E-state index contributed by atoms with van der Waals surface area (Å²) >= 11 is 0. The molecule has 8 heteroatoms. The molecular formula is C23H27N3O4S. The minimum Gasteiger partial charge on any atom is -0.326 e. The largest absolute Gasteiger partial charge is 0.326 e. The Balaban J connectivity index is 1.38. The molecular weight excluding hydrogens is 414 g/mol. The summed E-state index contributed by atoms with van der Waals surface area (Å²) in [5.41, 5.74) is 3.33. The summed E-state index contributed by atoms with van der Waals surface area (Å²) in [4.78, 5) is 26.7. The minimum absolute atomic E-state index is 0.000172. The molecule has 2 aliphatic rings. The third kappa shape index (κ3) is 4.65. The van der Waals surface area contributed by atoms with Crippen molar-refractivity contribution in [3.05, 3.63) is 53.6 Å². The van der Waals surface area contributed by atoms with Crippen LogP contribution < -0.4 is 14.9 Å². The topological polar surface area (TPSA) is 95.6 Å². The third-order valence-corrected chi connectivity index (χ3v) is 7.26. The number of rotatable bonds is 7. The first-order valence-electron chi connectivity index (χ1n) is 10.6. The van der Waals surface area contributed by atoms with Gasteiger partial charge in [0.25, 0.3) is 0 Å². The van der Waals surface area contributed by atoms with Gasteiger partial charge in [0.1, 0.15) is 0 Å². The molecule has 2 aromatic rings. The van der Waals surface area contributed by atoms with Gasteiger partial charge >= 0.3 is 0 Å². The Morgan fingerprint density at radius 3 is 2.58 bits per heavy atom. The highest BCUT2D eigenvalue weighted by Crippen LogP contribution is 2.39. The van der Waals surface area contributed by atoms with Crippen LogP contribution in [0.3, 0.4) is 0 Å². The van der Waals surface area contributed by atoms with Crippen LogP contribution in [0.25, 0.3) is 0 Å². The Labute approximate surface area is 182 Å². The summed E-state index contributed by atoms with van der Waals surface area (Å²) in [6, 6.07) is 12.3. The highest BCUT2D eigenvalue weighted by Gasteiger charge is 2.39. The average molecular weight is 442 g/mol. The fourth-order valence-corrected chi connectivity index (χ4v) is 5.03. The molecule has 1 aliphatic heterocycles. The standard InChI is InChI=1S/C23H27N3O4S/c1-15-5-3-4-6-20(15)25-22(27)11-12-24-31(29,30)19-9-10-21-18(14-19)13-16(2)26(21)23(28)17-7-8-17/h3-6,9-10,14,16-17,24H,7-8,11-13H2,1-2H3,(H,25,27)/t16-/m1/s1. The van der Waals surface area contributed by atoms with E-state index in [4.69, 9.17) is 0 Å². The van der Waals surface area contributed by atoms with Crippen LogP contribution in [-0.2, 0) is 26.0 Å². The van der Waals surface area contributed by atoms with Crippen molar-refractivity contribution in [2.24, 2.45) is 5.92 Å². The second kappa shape index (κ2) is 8.43. The molecule has 0 spiro atoms. The first-order chi connectivity index (χ1) is 14.8. The first-order valence-corrected chi connectivity index (χ1v) is 12.1. The number of benzene rings is 2. The maximum Gasteiger partial charge on any atom is 0.240 e. The van der Waals surface area contributed by atoms with Crippen molar-refractivity contribution in [2.75, 3.05) is 16.8 Å². The van der Waals surface area contributed by atoms with E-state index < -0.39 is 10.0 Å². The zero-order chi connectivity index (χ0) is 22.2. The molecule has 0 saturated heterocycles. The van der Waals surface area contributed by atoms with Crippen LogP contribution in [0, 0.1) is 12.8 Å². The van der Waals surface area contributed by atoms with Gasteiger partial charge in [-0.15, -0.1) is 0 Å². The van der Waals surface area contributed by atoms with Crippen molar-refractivity contribution in [3.63, 3.8) is 0 Å². The van der Waals surface area contributed by atoms with Crippen LogP contribution in [-0.4, -0.2) is 32.8 Å². The second-order valence-electron chi connectivity index (χ2n) is 8.34. The number of sulfonamides is 1. The van der Waals surface area contributed by atoms with Crippen molar-refractivity contribution in [1.29, 1.82) is 0 Å². The monoisotopic (exact) mass is 441 g/mol. The molecule has 1 heterocycles. The fourth-order valence-electron chi connectivity index (χ4n) is 3.95. The number of para-hydroxylation sites is 1. The van der Waals surface area contributed by atoms with Crippen LogP contribution >= 0.6 is 0 Å². The smallest absolute Gasteiger partial charge is 0.240 e. The number of hydrogen-bond donors (Lipinski definition) is 2. The molecule has 1 fully saturated rings. The molecule has 1 atom stereocenters. The number of fused-ring (bicyclic) bond motifs is 1. The first kappa shape index (κ1) is 21.5. The van der Waals surface area contributed by atoms with Crippen LogP contribution in [0.15, 0.2) is 47.4 Å². The number of anilines is 2. The summed E-state index contributed by atoms with van der Waals surface area (Å²) in [5, 5.41) is 2.79. The maximum atomic E-state index is 12.7. The van der Waals surface area contributed by atoms with E-state index in [-0.39, 0.29) is 41.6 Å². The zero-order valence-corrected chi connectivity index (χ0v) is 18.5. The van der Waals surface area contributed by atoms with E-state index >= 15 is 0 Å². The number of carbonyl (C=O) groups is 2. The zero-order valence-electron chi connectivity index (χ0n) is 17.7. The van der Waals surface area contributed by atoms with Gasteiger partial charge in [0.2, 0.25) is 21.8 Å². The van der Waals surface area contributed by atoms with Crippen molar-refractivity contribution in [1.82, 2.24) is 4.72 Å². The SMILES string of the molecule is Cc1ccccc1NC(=O)CCNS(=O)(=O)c1ccc2c(c1)C[C@@H](C)N2C(=O)C1CC1. The number of hydrogen-bond acceptors (Lipinski definition) is 4. The van der Waals surface area contributed by atoms with E-state index in [1.165, 1.54) is 6.07 Å². The van der Waals surface area contributed by atoms with Gasteiger partial charge in [-0.2, -0.15) is 0 Å². The molecule has 7 nitrogen and oxygen atoms in total. The van der Waals surface area contributed by atoms with Crippen LogP contribution in [0.2, 0.25) is 0 Å². The molecule has 164 valence electrons. The Bertz CT molecular complexity index is 1130. The normalized spacial score (nSPS) is 18.0.